The Labute approximate surface area is 321 Å². The molecule has 13 nitrogen and oxygen atoms in total. The fourth-order valence-corrected chi connectivity index (χ4v) is 6.42. The Morgan fingerprint density at radius 3 is 2.36 bits per heavy atom. The highest BCUT2D eigenvalue weighted by Crippen LogP contribution is 2.33. The summed E-state index contributed by atoms with van der Waals surface area (Å²) in [7, 11) is 3.82. The van der Waals surface area contributed by atoms with Crippen LogP contribution in [0, 0.1) is 0 Å². The van der Waals surface area contributed by atoms with Gasteiger partial charge in [0.25, 0.3) is 0 Å². The minimum atomic E-state index is -0.389. The number of piperazine rings is 1. The van der Waals surface area contributed by atoms with E-state index in [1.165, 1.54) is 0 Å². The Morgan fingerprint density at radius 1 is 0.800 bits per heavy atom. The normalized spacial score (nSPS) is 13.8. The Hall–Kier alpha value is -5.89. The number of aromatic nitrogens is 5. The van der Waals surface area contributed by atoms with Crippen molar-refractivity contribution in [2.24, 2.45) is 0 Å². The molecule has 3 aromatic heterocycles. The van der Waals surface area contributed by atoms with Crippen LogP contribution in [0.25, 0.3) is 16.5 Å². The van der Waals surface area contributed by atoms with E-state index >= 15 is 0 Å². The van der Waals surface area contributed by atoms with Crippen molar-refractivity contribution in [3.63, 3.8) is 0 Å². The molecule has 0 atom stereocenters. The highest BCUT2D eigenvalue weighted by atomic mass is 16.5. The molecule has 0 radical (unpaired) electrons. The van der Waals surface area contributed by atoms with E-state index in [4.69, 9.17) is 14.6 Å². The molecule has 1 saturated heterocycles. The molecule has 0 spiro atoms. The van der Waals surface area contributed by atoms with Crippen molar-refractivity contribution < 1.29 is 14.3 Å². The zero-order valence-electron chi connectivity index (χ0n) is 32.0. The molecule has 0 bridgehead atoms. The van der Waals surface area contributed by atoms with Crippen molar-refractivity contribution in [2.75, 3.05) is 56.3 Å². The molecule has 0 unspecified atom stereocenters. The first kappa shape index (κ1) is 37.4. The fraction of sp³-hybridized carbons (Fsp3) is 0.310. The van der Waals surface area contributed by atoms with Crippen LogP contribution in [0.1, 0.15) is 43.3 Å². The highest BCUT2D eigenvalue weighted by molar-refractivity contribution is 6.07. The third-order valence-electron chi connectivity index (χ3n) is 9.48. The molecule has 55 heavy (non-hydrogen) atoms. The van der Waals surface area contributed by atoms with Gasteiger partial charge < -0.3 is 25.0 Å². The second-order valence-electron chi connectivity index (χ2n) is 14.9. The molecular formula is C42H48N10O3. The van der Waals surface area contributed by atoms with Gasteiger partial charge in [-0.25, -0.2) is 19.4 Å². The van der Waals surface area contributed by atoms with E-state index in [0.717, 1.165) is 71.7 Å². The van der Waals surface area contributed by atoms with Gasteiger partial charge in [0.05, 0.1) is 41.8 Å². The van der Waals surface area contributed by atoms with Crippen LogP contribution in [-0.2, 0) is 29.9 Å². The van der Waals surface area contributed by atoms with Crippen molar-refractivity contribution in [3.05, 3.63) is 120 Å². The minimum absolute atomic E-state index is 0.228. The summed E-state index contributed by atoms with van der Waals surface area (Å²) in [6.07, 6.45) is 5.31. The van der Waals surface area contributed by atoms with Gasteiger partial charge in [-0.3, -0.25) is 15.2 Å². The third kappa shape index (κ3) is 9.44. The number of urea groups is 1. The number of fused-ring (bicyclic) bond motifs is 1. The van der Waals surface area contributed by atoms with Crippen LogP contribution >= 0.6 is 0 Å². The number of amides is 2. The number of pyridine rings is 1. The molecule has 1 aliphatic heterocycles. The van der Waals surface area contributed by atoms with Gasteiger partial charge >= 0.3 is 6.03 Å². The van der Waals surface area contributed by atoms with Crippen molar-refractivity contribution in [1.29, 1.82) is 0 Å². The van der Waals surface area contributed by atoms with Gasteiger partial charge in [-0.05, 0) is 54.6 Å². The quantitative estimate of drug-likeness (QED) is 0.117. The lowest BCUT2D eigenvalue weighted by Crippen LogP contribution is -2.44. The zero-order chi connectivity index (χ0) is 38.4. The van der Waals surface area contributed by atoms with Gasteiger partial charge in [0.15, 0.2) is 0 Å². The molecule has 6 aromatic rings. The number of anilines is 4. The van der Waals surface area contributed by atoms with Crippen molar-refractivity contribution >= 4 is 39.9 Å². The molecule has 13 heteroatoms. The van der Waals surface area contributed by atoms with E-state index in [-0.39, 0.29) is 11.4 Å². The first-order valence-electron chi connectivity index (χ1n) is 18.5. The van der Waals surface area contributed by atoms with Crippen LogP contribution < -0.4 is 20.7 Å². The second kappa shape index (κ2) is 16.6. The molecule has 1 fully saturated rings. The summed E-state index contributed by atoms with van der Waals surface area (Å²) < 4.78 is 13.4. The van der Waals surface area contributed by atoms with Crippen molar-refractivity contribution in [2.45, 2.75) is 45.9 Å². The van der Waals surface area contributed by atoms with Gasteiger partial charge in [-0.15, -0.1) is 0 Å². The number of ether oxygens (including phenoxy) is 2. The number of rotatable bonds is 12. The molecule has 7 rings (SSSR count). The lowest BCUT2D eigenvalue weighted by Gasteiger charge is -2.31. The van der Waals surface area contributed by atoms with Crippen LogP contribution in [-0.4, -0.2) is 80.9 Å². The average molecular weight is 741 g/mol. The second-order valence-corrected chi connectivity index (χ2v) is 14.9. The van der Waals surface area contributed by atoms with Crippen LogP contribution in [0.15, 0.2) is 97.5 Å². The molecule has 4 heterocycles. The Morgan fingerprint density at radius 2 is 1.60 bits per heavy atom. The van der Waals surface area contributed by atoms with Gasteiger partial charge in [0.2, 0.25) is 0 Å². The van der Waals surface area contributed by atoms with Crippen LogP contribution in [0.5, 0.6) is 5.75 Å². The van der Waals surface area contributed by atoms with Crippen molar-refractivity contribution in [1.82, 2.24) is 34.5 Å². The maximum absolute atomic E-state index is 13.6. The first-order chi connectivity index (χ1) is 26.6. The maximum atomic E-state index is 13.6. The lowest BCUT2D eigenvalue weighted by atomic mass is 9.92. The Kier molecular flexibility index (Phi) is 11.3. The van der Waals surface area contributed by atoms with Gasteiger partial charge in [-0.1, -0.05) is 57.2 Å². The molecule has 3 aromatic carbocycles. The maximum Gasteiger partial charge on any atom is 0.324 e. The van der Waals surface area contributed by atoms with E-state index in [1.54, 1.807) is 24.2 Å². The lowest BCUT2D eigenvalue weighted by molar-refractivity contribution is 0.147. The molecular weight excluding hydrogens is 693 g/mol. The summed E-state index contributed by atoms with van der Waals surface area (Å²) in [5.74, 6) is 2.52. The SMILES string of the molecule is COCc1cccc(-n2nc(C(C)(C)C)cc2NC(=O)Nc2ccc(OCc3ccnc(Nc4cnc(CN5CCN(C)CC5)cn4)c3)c3ccccc23)c1. The van der Waals surface area contributed by atoms with Gasteiger partial charge in [0.1, 0.15) is 29.8 Å². The predicted molar refractivity (Wildman–Crippen MR) is 216 cm³/mol. The minimum Gasteiger partial charge on any atom is -0.488 e. The number of carbonyl (C=O) groups excluding carboxylic acids is 1. The summed E-state index contributed by atoms with van der Waals surface area (Å²) in [6.45, 7) is 12.1. The summed E-state index contributed by atoms with van der Waals surface area (Å²) >= 11 is 0. The predicted octanol–water partition coefficient (Wildman–Crippen LogP) is 7.37. The zero-order valence-corrected chi connectivity index (χ0v) is 32.0. The van der Waals surface area contributed by atoms with E-state index in [9.17, 15) is 4.79 Å². The van der Waals surface area contributed by atoms with Crippen LogP contribution in [0.3, 0.4) is 0 Å². The standard InChI is InChI=1S/C42H48N10O3/c1-42(2,3)37-23-40(52(49-37)32-10-8-9-29(21-32)27-54-5)48-41(53)46-35-13-14-36(34-12-7-6-11-33(34)35)55-28-30-15-16-43-38(22-30)47-39-25-44-31(24-45-39)26-51-19-17-50(4)18-20-51/h6-16,21-25H,17-20,26-28H2,1-5H3,(H,43,45,47)(H2,46,48,53). The third-order valence-corrected chi connectivity index (χ3v) is 9.48. The molecule has 0 aliphatic carbocycles. The molecule has 2 amide bonds. The van der Waals surface area contributed by atoms with E-state index in [1.807, 2.05) is 85.1 Å². The number of carbonyl (C=O) groups is 1. The first-order valence-corrected chi connectivity index (χ1v) is 18.5. The van der Waals surface area contributed by atoms with Gasteiger partial charge in [0, 0.05) is 68.3 Å². The summed E-state index contributed by atoms with van der Waals surface area (Å²) in [5, 5.41) is 15.9. The summed E-state index contributed by atoms with van der Waals surface area (Å²) in [5.41, 5.74) is 4.98. The number of hydrogen-bond donors (Lipinski definition) is 3. The van der Waals surface area contributed by atoms with E-state index in [0.29, 0.717) is 42.1 Å². The largest absolute Gasteiger partial charge is 0.488 e. The van der Waals surface area contributed by atoms with Crippen LogP contribution in [0.2, 0.25) is 0 Å². The number of nitrogens with one attached hydrogen (secondary N) is 3. The number of benzene rings is 3. The van der Waals surface area contributed by atoms with Gasteiger partial charge in [-0.2, -0.15) is 5.10 Å². The van der Waals surface area contributed by atoms with E-state index < -0.39 is 0 Å². The molecule has 284 valence electrons. The smallest absolute Gasteiger partial charge is 0.324 e. The summed E-state index contributed by atoms with van der Waals surface area (Å²) in [6, 6.07) is 24.9. The molecule has 1 aliphatic rings. The Balaban J connectivity index is 1.01. The topological polar surface area (TPSA) is 135 Å². The monoisotopic (exact) mass is 740 g/mol. The Bertz CT molecular complexity index is 2240. The molecule has 0 saturated carbocycles. The molecule has 3 N–H and O–H groups in total. The number of hydrogen-bond acceptors (Lipinski definition) is 10. The highest BCUT2D eigenvalue weighted by Gasteiger charge is 2.22. The summed E-state index contributed by atoms with van der Waals surface area (Å²) in [4.78, 5) is 32.0. The number of methoxy groups -OCH3 is 1. The fourth-order valence-electron chi connectivity index (χ4n) is 6.42. The average Bonchev–Trinajstić information content (AvgIpc) is 3.61. The van der Waals surface area contributed by atoms with Crippen molar-refractivity contribution in [3.8, 4) is 11.4 Å². The number of likely N-dealkylation sites (N-methyl/N-ethyl adjacent to an activating group) is 1. The number of nitrogens with zero attached hydrogens (tertiary/aromatic N) is 7. The van der Waals surface area contributed by atoms with E-state index in [2.05, 4.69) is 68.5 Å². The van der Waals surface area contributed by atoms with Crippen LogP contribution in [0.4, 0.5) is 27.9 Å².